The van der Waals surface area contributed by atoms with Crippen molar-refractivity contribution in [2.24, 2.45) is 0 Å². The number of benzene rings is 1. The Bertz CT molecular complexity index is 376. The maximum atomic E-state index is 11.8. The standard InChI is InChI=1S/C13H17BrClNO/c1-13(2,7-8-14)16-12(17)9-10-3-5-11(15)6-4-10/h3-6H,7-9H2,1-2H3,(H,16,17). The first kappa shape index (κ1) is 14.5. The van der Waals surface area contributed by atoms with E-state index in [4.69, 9.17) is 11.6 Å². The van der Waals surface area contributed by atoms with E-state index >= 15 is 0 Å². The van der Waals surface area contributed by atoms with Crippen molar-refractivity contribution in [2.75, 3.05) is 5.33 Å². The van der Waals surface area contributed by atoms with E-state index in [-0.39, 0.29) is 11.4 Å². The molecule has 0 spiro atoms. The Morgan fingerprint density at radius 3 is 2.47 bits per heavy atom. The largest absolute Gasteiger partial charge is 0.351 e. The lowest BCUT2D eigenvalue weighted by atomic mass is 10.0. The molecular formula is C13H17BrClNO. The normalized spacial score (nSPS) is 11.3. The molecule has 2 nitrogen and oxygen atoms in total. The summed E-state index contributed by atoms with van der Waals surface area (Å²) in [5, 5.41) is 4.58. The second-order valence-corrected chi connectivity index (χ2v) is 5.90. The predicted octanol–water partition coefficient (Wildman–Crippen LogP) is 3.56. The van der Waals surface area contributed by atoms with Gasteiger partial charge in [0, 0.05) is 15.9 Å². The Kier molecular flexibility index (Phi) is 5.47. The van der Waals surface area contributed by atoms with E-state index in [9.17, 15) is 4.79 Å². The van der Waals surface area contributed by atoms with E-state index in [2.05, 4.69) is 21.2 Å². The van der Waals surface area contributed by atoms with Gasteiger partial charge >= 0.3 is 0 Å². The molecule has 0 aliphatic rings. The fourth-order valence-electron chi connectivity index (χ4n) is 1.51. The minimum Gasteiger partial charge on any atom is -0.351 e. The SMILES string of the molecule is CC(C)(CCBr)NC(=O)Cc1ccc(Cl)cc1. The first-order valence-electron chi connectivity index (χ1n) is 5.54. The Hall–Kier alpha value is -0.540. The summed E-state index contributed by atoms with van der Waals surface area (Å²) in [5.41, 5.74) is 0.800. The molecule has 17 heavy (non-hydrogen) atoms. The number of carbonyl (C=O) groups excluding carboxylic acids is 1. The summed E-state index contributed by atoms with van der Waals surface area (Å²) in [5.74, 6) is 0.0401. The minimum atomic E-state index is -0.174. The van der Waals surface area contributed by atoms with Crippen LogP contribution in [-0.4, -0.2) is 16.8 Å². The molecule has 0 fully saturated rings. The molecule has 0 unspecified atom stereocenters. The Labute approximate surface area is 116 Å². The van der Waals surface area contributed by atoms with Gasteiger partial charge < -0.3 is 5.32 Å². The molecule has 0 atom stereocenters. The van der Waals surface area contributed by atoms with Crippen molar-refractivity contribution in [3.63, 3.8) is 0 Å². The van der Waals surface area contributed by atoms with Gasteiger partial charge in [0.1, 0.15) is 0 Å². The summed E-state index contributed by atoms with van der Waals surface area (Å²) in [6, 6.07) is 7.35. The maximum absolute atomic E-state index is 11.8. The number of amides is 1. The molecule has 0 radical (unpaired) electrons. The summed E-state index contributed by atoms with van der Waals surface area (Å²) in [4.78, 5) is 11.8. The molecule has 1 N–H and O–H groups in total. The molecule has 1 amide bonds. The molecule has 1 aromatic rings. The lowest BCUT2D eigenvalue weighted by Crippen LogP contribution is -2.44. The van der Waals surface area contributed by atoms with Crippen molar-refractivity contribution in [1.29, 1.82) is 0 Å². The van der Waals surface area contributed by atoms with Gasteiger partial charge in [0.15, 0.2) is 0 Å². The van der Waals surface area contributed by atoms with Gasteiger partial charge in [-0.25, -0.2) is 0 Å². The number of halogens is 2. The molecule has 1 aromatic carbocycles. The first-order chi connectivity index (χ1) is 7.93. The highest BCUT2D eigenvalue weighted by atomic mass is 79.9. The van der Waals surface area contributed by atoms with Crippen molar-refractivity contribution in [3.05, 3.63) is 34.9 Å². The van der Waals surface area contributed by atoms with E-state index in [1.807, 2.05) is 26.0 Å². The Morgan fingerprint density at radius 2 is 1.94 bits per heavy atom. The van der Waals surface area contributed by atoms with E-state index in [1.165, 1.54) is 0 Å². The number of hydrogen-bond donors (Lipinski definition) is 1. The van der Waals surface area contributed by atoms with Crippen molar-refractivity contribution in [1.82, 2.24) is 5.32 Å². The van der Waals surface area contributed by atoms with Crippen LogP contribution in [0.25, 0.3) is 0 Å². The van der Waals surface area contributed by atoms with Gasteiger partial charge in [-0.3, -0.25) is 4.79 Å². The van der Waals surface area contributed by atoms with Crippen LogP contribution in [-0.2, 0) is 11.2 Å². The molecule has 4 heteroatoms. The lowest BCUT2D eigenvalue weighted by molar-refractivity contribution is -0.122. The quantitative estimate of drug-likeness (QED) is 0.826. The lowest BCUT2D eigenvalue weighted by Gasteiger charge is -2.25. The molecule has 0 aliphatic carbocycles. The zero-order valence-corrected chi connectivity index (χ0v) is 12.4. The zero-order chi connectivity index (χ0) is 12.9. The third-order valence-electron chi connectivity index (χ3n) is 2.48. The highest BCUT2D eigenvalue weighted by Gasteiger charge is 2.19. The van der Waals surface area contributed by atoms with Crippen LogP contribution < -0.4 is 5.32 Å². The smallest absolute Gasteiger partial charge is 0.224 e. The molecule has 0 saturated heterocycles. The van der Waals surface area contributed by atoms with Crippen molar-refractivity contribution in [3.8, 4) is 0 Å². The van der Waals surface area contributed by atoms with Crippen LogP contribution in [0.4, 0.5) is 0 Å². The number of carbonyl (C=O) groups is 1. The van der Waals surface area contributed by atoms with Crippen LogP contribution in [0.3, 0.4) is 0 Å². The number of rotatable bonds is 5. The van der Waals surface area contributed by atoms with Crippen LogP contribution in [0.2, 0.25) is 5.02 Å². The zero-order valence-electron chi connectivity index (χ0n) is 10.1. The molecule has 0 aromatic heterocycles. The van der Waals surface area contributed by atoms with Crippen molar-refractivity contribution < 1.29 is 4.79 Å². The number of nitrogens with one attached hydrogen (secondary N) is 1. The minimum absolute atomic E-state index is 0.0401. The summed E-state index contributed by atoms with van der Waals surface area (Å²) < 4.78 is 0. The fourth-order valence-corrected chi connectivity index (χ4v) is 2.63. The maximum Gasteiger partial charge on any atom is 0.224 e. The van der Waals surface area contributed by atoms with Crippen LogP contribution >= 0.6 is 27.5 Å². The van der Waals surface area contributed by atoms with E-state index in [0.29, 0.717) is 11.4 Å². The number of alkyl halides is 1. The first-order valence-corrected chi connectivity index (χ1v) is 7.04. The summed E-state index contributed by atoms with van der Waals surface area (Å²) in [6.45, 7) is 4.04. The Morgan fingerprint density at radius 1 is 1.35 bits per heavy atom. The van der Waals surface area contributed by atoms with Crippen LogP contribution in [0, 0.1) is 0 Å². The Balaban J connectivity index is 2.52. The van der Waals surface area contributed by atoms with Gasteiger partial charge in [0.05, 0.1) is 6.42 Å². The summed E-state index contributed by atoms with van der Waals surface area (Å²) >= 11 is 9.17. The average molecular weight is 319 g/mol. The highest BCUT2D eigenvalue weighted by Crippen LogP contribution is 2.12. The molecular weight excluding hydrogens is 302 g/mol. The van der Waals surface area contributed by atoms with E-state index < -0.39 is 0 Å². The van der Waals surface area contributed by atoms with Gasteiger partial charge in [0.25, 0.3) is 0 Å². The molecule has 1 rings (SSSR count). The fraction of sp³-hybridized carbons (Fsp3) is 0.462. The van der Waals surface area contributed by atoms with Crippen molar-refractivity contribution in [2.45, 2.75) is 32.2 Å². The van der Waals surface area contributed by atoms with Crippen LogP contribution in [0.5, 0.6) is 0 Å². The molecule has 0 aliphatic heterocycles. The van der Waals surface area contributed by atoms with Gasteiger partial charge in [-0.1, -0.05) is 39.7 Å². The van der Waals surface area contributed by atoms with Gasteiger partial charge in [-0.15, -0.1) is 0 Å². The van der Waals surface area contributed by atoms with Crippen molar-refractivity contribution >= 4 is 33.4 Å². The summed E-state index contributed by atoms with van der Waals surface area (Å²) in [7, 11) is 0. The van der Waals surface area contributed by atoms with Crippen LogP contribution in [0.15, 0.2) is 24.3 Å². The average Bonchev–Trinajstić information content (AvgIpc) is 2.20. The third kappa shape index (κ3) is 5.55. The van der Waals surface area contributed by atoms with Gasteiger partial charge in [0.2, 0.25) is 5.91 Å². The van der Waals surface area contributed by atoms with E-state index in [1.54, 1.807) is 12.1 Å². The predicted molar refractivity (Wildman–Crippen MR) is 75.8 cm³/mol. The third-order valence-corrected chi connectivity index (χ3v) is 3.12. The molecule has 0 saturated carbocycles. The van der Waals surface area contributed by atoms with E-state index in [0.717, 1.165) is 17.3 Å². The topological polar surface area (TPSA) is 29.1 Å². The number of hydrogen-bond acceptors (Lipinski definition) is 1. The second-order valence-electron chi connectivity index (χ2n) is 4.67. The molecule has 94 valence electrons. The second kappa shape index (κ2) is 6.41. The highest BCUT2D eigenvalue weighted by molar-refractivity contribution is 9.09. The van der Waals surface area contributed by atoms with Crippen LogP contribution in [0.1, 0.15) is 25.8 Å². The summed E-state index contributed by atoms with van der Waals surface area (Å²) in [6.07, 6.45) is 1.29. The van der Waals surface area contributed by atoms with Gasteiger partial charge in [-0.05, 0) is 38.0 Å². The van der Waals surface area contributed by atoms with Gasteiger partial charge in [-0.2, -0.15) is 0 Å². The molecule has 0 bridgehead atoms. The molecule has 0 heterocycles. The monoisotopic (exact) mass is 317 g/mol.